The molecule has 1 saturated heterocycles. The fraction of sp³-hybridized carbons (Fsp3) is 0.417. The first-order valence-corrected chi connectivity index (χ1v) is 12.7. The van der Waals surface area contributed by atoms with Crippen LogP contribution in [0.25, 0.3) is 10.6 Å². The van der Waals surface area contributed by atoms with Gasteiger partial charge in [0.2, 0.25) is 5.91 Å². The molecule has 3 heterocycles. The van der Waals surface area contributed by atoms with Crippen molar-refractivity contribution in [1.82, 2.24) is 14.9 Å². The maximum absolute atomic E-state index is 13.3. The number of hydrogen-bond donors (Lipinski definition) is 1. The summed E-state index contributed by atoms with van der Waals surface area (Å²) in [4.78, 5) is 37.6. The highest BCUT2D eigenvalue weighted by Crippen LogP contribution is 2.33. The Bertz CT molecular complexity index is 1170. The molecule has 0 unspecified atom stereocenters. The van der Waals surface area contributed by atoms with Crippen LogP contribution in [0.3, 0.4) is 0 Å². The van der Waals surface area contributed by atoms with Crippen LogP contribution in [0.4, 0.5) is 9.93 Å². The normalized spacial score (nSPS) is 18.1. The van der Waals surface area contributed by atoms with E-state index >= 15 is 0 Å². The molecule has 1 aliphatic rings. The molecule has 4 rings (SSSR count). The molecule has 0 aliphatic carbocycles. The fourth-order valence-electron chi connectivity index (χ4n) is 3.74. The molecule has 2 aromatic heterocycles. The van der Waals surface area contributed by atoms with Crippen LogP contribution in [0, 0.1) is 13.8 Å². The molecule has 2 atom stereocenters. The zero-order valence-electron chi connectivity index (χ0n) is 19.8. The predicted molar refractivity (Wildman–Crippen MR) is 134 cm³/mol. The van der Waals surface area contributed by atoms with Gasteiger partial charge in [0.1, 0.15) is 23.5 Å². The third-order valence-corrected chi connectivity index (χ3v) is 6.96. The maximum atomic E-state index is 13.3. The number of likely N-dealkylation sites (tertiary alicyclic amines) is 1. The minimum atomic E-state index is -0.733. The highest BCUT2D eigenvalue weighted by atomic mass is 32.1. The van der Waals surface area contributed by atoms with Crippen molar-refractivity contribution >= 4 is 39.8 Å². The lowest BCUT2D eigenvalue weighted by Gasteiger charge is -2.27. The number of hydrogen-bond acceptors (Lipinski definition) is 8. The number of carbonyl (C=O) groups is 2. The average molecular weight is 501 g/mol. The second-order valence-electron chi connectivity index (χ2n) is 9.11. The number of rotatable bonds is 5. The summed E-state index contributed by atoms with van der Waals surface area (Å²) in [7, 11) is 0. The molecule has 1 fully saturated rings. The first-order chi connectivity index (χ1) is 16.1. The van der Waals surface area contributed by atoms with E-state index in [-0.39, 0.29) is 18.6 Å². The molecule has 0 saturated carbocycles. The van der Waals surface area contributed by atoms with Gasteiger partial charge in [-0.25, -0.2) is 14.8 Å². The molecule has 0 bridgehead atoms. The van der Waals surface area contributed by atoms with Crippen LogP contribution < -0.4 is 10.1 Å². The molecule has 180 valence electrons. The van der Waals surface area contributed by atoms with Crippen LogP contribution in [0.5, 0.6) is 5.75 Å². The summed E-state index contributed by atoms with van der Waals surface area (Å²) in [6, 6.07) is 8.64. The van der Waals surface area contributed by atoms with Gasteiger partial charge >= 0.3 is 6.09 Å². The van der Waals surface area contributed by atoms with Gasteiger partial charge in [-0.1, -0.05) is 18.2 Å². The summed E-state index contributed by atoms with van der Waals surface area (Å²) in [6.07, 6.45) is -0.520. The van der Waals surface area contributed by atoms with Crippen molar-refractivity contribution in [2.75, 3.05) is 11.9 Å². The van der Waals surface area contributed by atoms with E-state index in [0.29, 0.717) is 17.3 Å². The van der Waals surface area contributed by atoms with E-state index in [1.165, 1.54) is 16.2 Å². The van der Waals surface area contributed by atoms with Crippen LogP contribution in [0.15, 0.2) is 35.7 Å². The number of anilines is 1. The number of benzene rings is 1. The number of thiazole rings is 2. The van der Waals surface area contributed by atoms with E-state index in [9.17, 15) is 9.59 Å². The topological polar surface area (TPSA) is 93.7 Å². The van der Waals surface area contributed by atoms with Gasteiger partial charge in [0.05, 0.1) is 27.8 Å². The van der Waals surface area contributed by atoms with Gasteiger partial charge in [0.25, 0.3) is 0 Å². The number of ether oxygens (including phenoxy) is 2. The molecule has 3 aromatic rings. The van der Waals surface area contributed by atoms with Gasteiger partial charge in [-0.2, -0.15) is 0 Å². The molecule has 1 aliphatic heterocycles. The standard InChI is InChI=1S/C24H28N4O4S2/c1-14-20(34-15(2)25-14)18-13-33-22(26-18)27-21(29)19-11-17(31-16-9-7-6-8-10-16)12-28(19)23(30)32-24(3,4)5/h6-10,13,17,19H,11-12H2,1-5H3,(H,26,27,29)/t17-,19-/m0/s1. The smallest absolute Gasteiger partial charge is 0.411 e. The zero-order valence-corrected chi connectivity index (χ0v) is 21.5. The number of nitrogens with one attached hydrogen (secondary N) is 1. The quantitative estimate of drug-likeness (QED) is 0.512. The lowest BCUT2D eigenvalue weighted by Crippen LogP contribution is -2.45. The van der Waals surface area contributed by atoms with E-state index in [4.69, 9.17) is 9.47 Å². The molecule has 1 aromatic carbocycles. The summed E-state index contributed by atoms with van der Waals surface area (Å²) in [5, 5.41) is 6.22. The predicted octanol–water partition coefficient (Wildman–Crippen LogP) is 5.28. The average Bonchev–Trinajstić information content (AvgIpc) is 3.46. The zero-order chi connectivity index (χ0) is 24.5. The first kappa shape index (κ1) is 24.2. The molecule has 2 amide bonds. The summed E-state index contributed by atoms with van der Waals surface area (Å²) in [6.45, 7) is 9.55. The van der Waals surface area contributed by atoms with E-state index in [0.717, 1.165) is 21.3 Å². The number of amides is 2. The van der Waals surface area contributed by atoms with Crippen LogP contribution >= 0.6 is 22.7 Å². The number of aryl methyl sites for hydroxylation is 2. The van der Waals surface area contributed by atoms with Crippen LogP contribution in [-0.4, -0.2) is 51.2 Å². The van der Waals surface area contributed by atoms with Crippen molar-refractivity contribution in [2.24, 2.45) is 0 Å². The van der Waals surface area contributed by atoms with Gasteiger partial charge < -0.3 is 14.8 Å². The fourth-order valence-corrected chi connectivity index (χ4v) is 5.40. The third-order valence-electron chi connectivity index (χ3n) is 5.11. The molecular formula is C24H28N4O4S2. The van der Waals surface area contributed by atoms with Crippen LogP contribution in [-0.2, 0) is 9.53 Å². The van der Waals surface area contributed by atoms with Gasteiger partial charge in [-0.05, 0) is 46.8 Å². The van der Waals surface area contributed by atoms with Gasteiger partial charge in [-0.15, -0.1) is 22.7 Å². The first-order valence-electron chi connectivity index (χ1n) is 11.0. The molecule has 8 nitrogen and oxygen atoms in total. The van der Waals surface area contributed by atoms with Crippen LogP contribution in [0.2, 0.25) is 0 Å². The van der Waals surface area contributed by atoms with Crippen molar-refractivity contribution in [2.45, 2.75) is 58.8 Å². The second kappa shape index (κ2) is 9.71. The highest BCUT2D eigenvalue weighted by molar-refractivity contribution is 7.16. The van der Waals surface area contributed by atoms with Gasteiger partial charge in [0, 0.05) is 11.8 Å². The largest absolute Gasteiger partial charge is 0.488 e. The van der Waals surface area contributed by atoms with Crippen molar-refractivity contribution in [3.8, 4) is 16.3 Å². The van der Waals surface area contributed by atoms with E-state index in [1.54, 1.807) is 32.1 Å². The summed E-state index contributed by atoms with van der Waals surface area (Å²) in [5.41, 5.74) is 1.02. The third kappa shape index (κ3) is 5.74. The Morgan fingerprint density at radius 3 is 2.53 bits per heavy atom. The van der Waals surface area contributed by atoms with Gasteiger partial charge in [0.15, 0.2) is 5.13 Å². The van der Waals surface area contributed by atoms with Crippen molar-refractivity contribution in [3.63, 3.8) is 0 Å². The number of nitrogens with zero attached hydrogens (tertiary/aromatic N) is 3. The number of aromatic nitrogens is 2. The maximum Gasteiger partial charge on any atom is 0.411 e. The Labute approximate surface area is 206 Å². The molecule has 0 spiro atoms. The Morgan fingerprint density at radius 2 is 1.88 bits per heavy atom. The van der Waals surface area contributed by atoms with Crippen molar-refractivity contribution < 1.29 is 19.1 Å². The molecule has 34 heavy (non-hydrogen) atoms. The van der Waals surface area contributed by atoms with E-state index in [2.05, 4.69) is 15.3 Å². The molecule has 0 radical (unpaired) electrons. The Kier molecular flexibility index (Phi) is 6.90. The van der Waals surface area contributed by atoms with Crippen molar-refractivity contribution in [1.29, 1.82) is 0 Å². The minimum absolute atomic E-state index is 0.254. The van der Waals surface area contributed by atoms with Crippen molar-refractivity contribution in [3.05, 3.63) is 46.4 Å². The lowest BCUT2D eigenvalue weighted by molar-refractivity contribution is -0.120. The molecular weight excluding hydrogens is 472 g/mol. The summed E-state index contributed by atoms with van der Waals surface area (Å²) < 4.78 is 11.6. The van der Waals surface area contributed by atoms with E-state index in [1.807, 2.05) is 49.6 Å². The lowest BCUT2D eigenvalue weighted by atomic mass is 10.2. The van der Waals surface area contributed by atoms with Gasteiger partial charge in [-0.3, -0.25) is 9.69 Å². The Morgan fingerprint density at radius 1 is 1.15 bits per heavy atom. The monoisotopic (exact) mass is 500 g/mol. The number of carbonyl (C=O) groups excluding carboxylic acids is 2. The summed E-state index contributed by atoms with van der Waals surface area (Å²) in [5.74, 6) is 0.376. The summed E-state index contributed by atoms with van der Waals surface area (Å²) >= 11 is 2.91. The second-order valence-corrected chi connectivity index (χ2v) is 11.2. The Hall–Kier alpha value is -2.98. The SMILES string of the molecule is Cc1nc(C)c(-c2csc(NC(=O)[C@@H]3C[C@H](Oc4ccccc4)CN3C(=O)OC(C)(C)C)n2)s1. The van der Waals surface area contributed by atoms with Crippen LogP contribution in [0.1, 0.15) is 37.9 Å². The highest BCUT2D eigenvalue weighted by Gasteiger charge is 2.42. The molecule has 1 N–H and O–H groups in total. The number of para-hydroxylation sites is 1. The Balaban J connectivity index is 1.50. The minimum Gasteiger partial charge on any atom is -0.488 e. The molecule has 10 heteroatoms. The van der Waals surface area contributed by atoms with E-state index < -0.39 is 17.7 Å².